The molecular weight excluding hydrogens is 278 g/mol. The monoisotopic (exact) mass is 305 g/mol. The average Bonchev–Trinajstić information content (AvgIpc) is 2.53. The molecule has 2 atom stereocenters. The number of rotatable bonds is 7. The zero-order valence-corrected chi connectivity index (χ0v) is 13.4. The van der Waals surface area contributed by atoms with Crippen LogP contribution in [-0.4, -0.2) is 41.8 Å². The summed E-state index contributed by atoms with van der Waals surface area (Å²) in [4.78, 5) is 14.0. The van der Waals surface area contributed by atoms with E-state index < -0.39 is 0 Å². The van der Waals surface area contributed by atoms with Crippen molar-refractivity contribution in [3.8, 4) is 0 Å². The van der Waals surface area contributed by atoms with Gasteiger partial charge in [-0.25, -0.2) is 0 Å². The van der Waals surface area contributed by atoms with Gasteiger partial charge in [-0.3, -0.25) is 4.79 Å². The molecule has 122 valence electrons. The van der Waals surface area contributed by atoms with Crippen molar-refractivity contribution in [1.82, 2.24) is 4.90 Å². The number of nitrogens with zero attached hydrogens (tertiary/aromatic N) is 1. The van der Waals surface area contributed by atoms with Crippen LogP contribution in [0.15, 0.2) is 30.3 Å². The Morgan fingerprint density at radius 3 is 2.77 bits per heavy atom. The first-order valence-corrected chi connectivity index (χ1v) is 8.23. The summed E-state index contributed by atoms with van der Waals surface area (Å²) < 4.78 is 5.81. The summed E-state index contributed by atoms with van der Waals surface area (Å²) in [5.41, 5.74) is 1.07. The molecule has 1 aromatic rings. The first-order valence-electron chi connectivity index (χ1n) is 8.23. The highest BCUT2D eigenvalue weighted by molar-refractivity contribution is 5.77. The Labute approximate surface area is 133 Å². The van der Waals surface area contributed by atoms with E-state index in [4.69, 9.17) is 4.74 Å². The fraction of sp³-hybridized carbons (Fsp3) is 0.611. The predicted octanol–water partition coefficient (Wildman–Crippen LogP) is 2.60. The zero-order chi connectivity index (χ0) is 15.8. The summed E-state index contributed by atoms with van der Waals surface area (Å²) in [5, 5.41) is 9.18. The molecule has 0 spiro atoms. The topological polar surface area (TPSA) is 49.8 Å². The lowest BCUT2D eigenvalue weighted by molar-refractivity contribution is -0.140. The molecule has 1 aliphatic rings. The second-order valence-electron chi connectivity index (χ2n) is 6.23. The number of benzene rings is 1. The Kier molecular flexibility index (Phi) is 6.87. The van der Waals surface area contributed by atoms with Crippen molar-refractivity contribution in [3.05, 3.63) is 35.9 Å². The van der Waals surface area contributed by atoms with Gasteiger partial charge in [0.25, 0.3) is 0 Å². The lowest BCUT2D eigenvalue weighted by Gasteiger charge is -2.28. The molecule has 0 saturated heterocycles. The van der Waals surface area contributed by atoms with Gasteiger partial charge in [0.05, 0.1) is 12.7 Å². The molecule has 0 aromatic heterocycles. The molecule has 1 fully saturated rings. The number of carbonyl (C=O) groups is 1. The van der Waals surface area contributed by atoms with E-state index in [2.05, 4.69) is 6.92 Å². The molecule has 0 bridgehead atoms. The number of amides is 1. The third-order valence-corrected chi connectivity index (χ3v) is 4.27. The first kappa shape index (κ1) is 17.0. The molecular formula is C18H27NO3. The maximum Gasteiger partial charge on any atom is 0.248 e. The van der Waals surface area contributed by atoms with E-state index in [0.29, 0.717) is 19.0 Å². The molecule has 4 heteroatoms. The van der Waals surface area contributed by atoms with Gasteiger partial charge in [0.15, 0.2) is 0 Å². The van der Waals surface area contributed by atoms with Crippen molar-refractivity contribution in [3.63, 3.8) is 0 Å². The highest BCUT2D eigenvalue weighted by Gasteiger charge is 2.21. The van der Waals surface area contributed by atoms with Crippen molar-refractivity contribution >= 4 is 5.91 Å². The molecule has 1 amide bonds. The van der Waals surface area contributed by atoms with Crippen LogP contribution in [0.4, 0.5) is 0 Å². The van der Waals surface area contributed by atoms with E-state index >= 15 is 0 Å². The van der Waals surface area contributed by atoms with Crippen molar-refractivity contribution < 1.29 is 14.6 Å². The SMILES string of the molecule is CC1CCCC(OCC(=O)N(CCO)Cc2ccccc2)C1. The molecule has 0 radical (unpaired) electrons. The van der Waals surface area contributed by atoms with Crippen LogP contribution in [0.5, 0.6) is 0 Å². The van der Waals surface area contributed by atoms with Gasteiger partial charge < -0.3 is 14.7 Å². The van der Waals surface area contributed by atoms with Crippen LogP contribution in [0.25, 0.3) is 0 Å². The quantitative estimate of drug-likeness (QED) is 0.842. The maximum absolute atomic E-state index is 12.4. The summed E-state index contributed by atoms with van der Waals surface area (Å²) >= 11 is 0. The highest BCUT2D eigenvalue weighted by Crippen LogP contribution is 2.25. The molecule has 1 aromatic carbocycles. The number of carbonyl (C=O) groups excluding carboxylic acids is 1. The Morgan fingerprint density at radius 1 is 1.32 bits per heavy atom. The van der Waals surface area contributed by atoms with Crippen LogP contribution in [0, 0.1) is 5.92 Å². The molecule has 4 nitrogen and oxygen atoms in total. The first-order chi connectivity index (χ1) is 10.7. The third kappa shape index (κ3) is 5.43. The second-order valence-corrected chi connectivity index (χ2v) is 6.23. The Bertz CT molecular complexity index is 449. The Hall–Kier alpha value is -1.39. The summed E-state index contributed by atoms with van der Waals surface area (Å²) in [6.45, 7) is 3.19. The predicted molar refractivity (Wildman–Crippen MR) is 86.3 cm³/mol. The largest absolute Gasteiger partial charge is 0.395 e. The minimum absolute atomic E-state index is 0.0287. The normalized spacial score (nSPS) is 21.5. The number of aliphatic hydroxyl groups excluding tert-OH is 1. The summed E-state index contributed by atoms with van der Waals surface area (Å²) in [6.07, 6.45) is 4.76. The number of ether oxygens (including phenoxy) is 1. The lowest BCUT2D eigenvalue weighted by Crippen LogP contribution is -2.37. The van der Waals surface area contributed by atoms with Gasteiger partial charge in [-0.1, -0.05) is 50.1 Å². The lowest BCUT2D eigenvalue weighted by atomic mass is 9.89. The fourth-order valence-electron chi connectivity index (χ4n) is 3.03. The van der Waals surface area contributed by atoms with E-state index in [1.54, 1.807) is 4.90 Å². The fourth-order valence-corrected chi connectivity index (χ4v) is 3.03. The summed E-state index contributed by atoms with van der Waals surface area (Å²) in [7, 11) is 0. The molecule has 1 aliphatic carbocycles. The van der Waals surface area contributed by atoms with E-state index in [0.717, 1.165) is 18.4 Å². The van der Waals surface area contributed by atoms with Gasteiger partial charge in [0, 0.05) is 13.1 Å². The van der Waals surface area contributed by atoms with Crippen LogP contribution in [-0.2, 0) is 16.1 Å². The van der Waals surface area contributed by atoms with Gasteiger partial charge >= 0.3 is 0 Å². The molecule has 0 aliphatic heterocycles. The molecule has 1 N–H and O–H groups in total. The molecule has 1 saturated carbocycles. The maximum atomic E-state index is 12.4. The Balaban J connectivity index is 1.83. The number of aliphatic hydroxyl groups is 1. The third-order valence-electron chi connectivity index (χ3n) is 4.27. The second kappa shape index (κ2) is 8.91. The van der Waals surface area contributed by atoms with Gasteiger partial charge in [0.1, 0.15) is 6.61 Å². The van der Waals surface area contributed by atoms with Crippen LogP contribution >= 0.6 is 0 Å². The number of hydrogen-bond donors (Lipinski definition) is 1. The van der Waals surface area contributed by atoms with Crippen LogP contribution in [0.3, 0.4) is 0 Å². The van der Waals surface area contributed by atoms with E-state index in [-0.39, 0.29) is 25.2 Å². The standard InChI is InChI=1S/C18H27NO3/c1-15-6-5-9-17(12-15)22-14-18(21)19(10-11-20)13-16-7-3-2-4-8-16/h2-4,7-8,15,17,20H,5-6,9-14H2,1H3. The van der Waals surface area contributed by atoms with Gasteiger partial charge in [0.2, 0.25) is 5.91 Å². The number of hydrogen-bond acceptors (Lipinski definition) is 3. The summed E-state index contributed by atoms with van der Waals surface area (Å²) in [6, 6.07) is 9.84. The van der Waals surface area contributed by atoms with Crippen LogP contribution in [0.2, 0.25) is 0 Å². The van der Waals surface area contributed by atoms with Gasteiger partial charge in [-0.15, -0.1) is 0 Å². The minimum Gasteiger partial charge on any atom is -0.395 e. The van der Waals surface area contributed by atoms with Crippen molar-refractivity contribution in [1.29, 1.82) is 0 Å². The van der Waals surface area contributed by atoms with E-state index in [9.17, 15) is 9.90 Å². The van der Waals surface area contributed by atoms with Gasteiger partial charge in [-0.05, 0) is 24.3 Å². The van der Waals surface area contributed by atoms with Crippen LogP contribution < -0.4 is 0 Å². The van der Waals surface area contributed by atoms with Crippen molar-refractivity contribution in [2.45, 2.75) is 45.3 Å². The molecule has 0 heterocycles. The average molecular weight is 305 g/mol. The van der Waals surface area contributed by atoms with E-state index in [1.165, 1.54) is 12.8 Å². The molecule has 2 unspecified atom stereocenters. The molecule has 22 heavy (non-hydrogen) atoms. The van der Waals surface area contributed by atoms with Crippen molar-refractivity contribution in [2.24, 2.45) is 5.92 Å². The molecule has 2 rings (SSSR count). The van der Waals surface area contributed by atoms with E-state index in [1.807, 2.05) is 30.3 Å². The van der Waals surface area contributed by atoms with Crippen LogP contribution in [0.1, 0.15) is 38.2 Å². The van der Waals surface area contributed by atoms with Crippen molar-refractivity contribution in [2.75, 3.05) is 19.8 Å². The van der Waals surface area contributed by atoms with Gasteiger partial charge in [-0.2, -0.15) is 0 Å². The summed E-state index contributed by atoms with van der Waals surface area (Å²) in [5.74, 6) is 0.642. The Morgan fingerprint density at radius 2 is 2.09 bits per heavy atom. The smallest absolute Gasteiger partial charge is 0.248 e. The minimum atomic E-state index is -0.0453. The highest BCUT2D eigenvalue weighted by atomic mass is 16.5. The zero-order valence-electron chi connectivity index (χ0n) is 13.4.